The summed E-state index contributed by atoms with van der Waals surface area (Å²) >= 11 is 0. The summed E-state index contributed by atoms with van der Waals surface area (Å²) in [6, 6.07) is 8.51. The fraction of sp³-hybridized carbons (Fsp3) is 0.625. The van der Waals surface area contributed by atoms with Crippen molar-refractivity contribution in [3.05, 3.63) is 29.8 Å². The first kappa shape index (κ1) is 17.2. The molecule has 1 aromatic carbocycles. The summed E-state index contributed by atoms with van der Waals surface area (Å²) < 4.78 is 26.3. The lowest BCUT2D eigenvalue weighted by molar-refractivity contribution is 0.246. The molecule has 2 rings (SSSR count). The molecule has 0 spiro atoms. The first-order valence-electron chi connectivity index (χ1n) is 7.91. The molecule has 0 radical (unpaired) electrons. The lowest BCUT2D eigenvalue weighted by atomic mass is 10.1. The monoisotopic (exact) mass is 325 g/mol. The molecule has 5 nitrogen and oxygen atoms in total. The van der Waals surface area contributed by atoms with Gasteiger partial charge in [-0.25, -0.2) is 13.1 Å². The Labute approximate surface area is 134 Å². The molecule has 1 saturated heterocycles. The van der Waals surface area contributed by atoms with Crippen LogP contribution in [0.5, 0.6) is 0 Å². The van der Waals surface area contributed by atoms with Crippen LogP contribution in [0.15, 0.2) is 24.3 Å². The molecule has 0 aromatic heterocycles. The van der Waals surface area contributed by atoms with Crippen molar-refractivity contribution in [1.82, 2.24) is 9.62 Å². The maximum atomic E-state index is 11.8. The largest absolute Gasteiger partial charge is 0.378 e. The van der Waals surface area contributed by atoms with Crippen LogP contribution in [0.25, 0.3) is 0 Å². The number of likely N-dealkylation sites (tertiary alicyclic amines) is 1. The van der Waals surface area contributed by atoms with Gasteiger partial charge in [-0.1, -0.05) is 12.1 Å². The van der Waals surface area contributed by atoms with Crippen LogP contribution >= 0.6 is 0 Å². The van der Waals surface area contributed by atoms with E-state index in [1.807, 2.05) is 14.1 Å². The van der Waals surface area contributed by atoms with Crippen LogP contribution in [0.1, 0.15) is 31.4 Å². The van der Waals surface area contributed by atoms with Gasteiger partial charge in [0.05, 0.1) is 5.75 Å². The molecule has 1 fully saturated rings. The summed E-state index contributed by atoms with van der Waals surface area (Å²) in [6.07, 6.45) is 2.37. The van der Waals surface area contributed by atoms with E-state index in [9.17, 15) is 8.42 Å². The molecule has 0 unspecified atom stereocenters. The van der Waals surface area contributed by atoms with Crippen molar-refractivity contribution in [2.75, 3.05) is 44.4 Å². The van der Waals surface area contributed by atoms with Crippen molar-refractivity contribution < 1.29 is 8.42 Å². The zero-order valence-corrected chi connectivity index (χ0v) is 14.6. The predicted molar refractivity (Wildman–Crippen MR) is 91.8 cm³/mol. The van der Waals surface area contributed by atoms with Crippen LogP contribution in [0.4, 0.5) is 5.69 Å². The Hall–Kier alpha value is -1.11. The molecule has 124 valence electrons. The quantitative estimate of drug-likeness (QED) is 0.831. The zero-order valence-electron chi connectivity index (χ0n) is 13.7. The van der Waals surface area contributed by atoms with Gasteiger partial charge < -0.3 is 4.90 Å². The molecule has 1 aromatic rings. The van der Waals surface area contributed by atoms with Gasteiger partial charge in [0, 0.05) is 32.4 Å². The van der Waals surface area contributed by atoms with Gasteiger partial charge in [0.25, 0.3) is 0 Å². The van der Waals surface area contributed by atoms with E-state index in [-0.39, 0.29) is 11.8 Å². The number of rotatable bonds is 7. The lowest BCUT2D eigenvalue weighted by Gasteiger charge is -2.28. The molecule has 1 aliphatic rings. The summed E-state index contributed by atoms with van der Waals surface area (Å²) in [5.74, 6) is 0.124. The number of nitrogens with zero attached hydrogens (tertiary/aromatic N) is 2. The molecular weight excluding hydrogens is 298 g/mol. The average molecular weight is 325 g/mol. The molecule has 0 saturated carbocycles. The van der Waals surface area contributed by atoms with Crippen LogP contribution in [0.2, 0.25) is 0 Å². The minimum absolute atomic E-state index is 0.111. The summed E-state index contributed by atoms with van der Waals surface area (Å²) in [7, 11) is 0.874. The molecule has 0 aliphatic carbocycles. The second-order valence-corrected chi connectivity index (χ2v) is 8.09. The highest BCUT2D eigenvalue weighted by Gasteiger charge is 2.24. The van der Waals surface area contributed by atoms with Gasteiger partial charge in [-0.3, -0.25) is 4.90 Å². The van der Waals surface area contributed by atoms with Gasteiger partial charge in [0.2, 0.25) is 10.0 Å². The Kier molecular flexibility index (Phi) is 5.83. The van der Waals surface area contributed by atoms with Crippen molar-refractivity contribution in [3.8, 4) is 0 Å². The van der Waals surface area contributed by atoms with E-state index in [0.29, 0.717) is 6.54 Å². The normalized spacial score (nSPS) is 17.6. The standard InChI is InChI=1S/C16H27N3O2S/c1-4-22(20,21)17-13-16(19-11-5-6-12-19)14-7-9-15(10-8-14)18(2)3/h7-10,16-17H,4-6,11-13H2,1-3H3/t16-/m0/s1. The minimum Gasteiger partial charge on any atom is -0.378 e. The highest BCUT2D eigenvalue weighted by atomic mass is 32.2. The Morgan fingerprint density at radius 3 is 2.27 bits per heavy atom. The van der Waals surface area contributed by atoms with Gasteiger partial charge in [-0.05, 0) is 50.6 Å². The van der Waals surface area contributed by atoms with Gasteiger partial charge in [-0.15, -0.1) is 0 Å². The number of anilines is 1. The number of hydrogen-bond acceptors (Lipinski definition) is 4. The molecular formula is C16H27N3O2S. The lowest BCUT2D eigenvalue weighted by Crippen LogP contribution is -2.37. The highest BCUT2D eigenvalue weighted by Crippen LogP contribution is 2.26. The van der Waals surface area contributed by atoms with Gasteiger partial charge in [0.1, 0.15) is 0 Å². The smallest absolute Gasteiger partial charge is 0.211 e. The third-order valence-corrected chi connectivity index (χ3v) is 5.62. The van der Waals surface area contributed by atoms with E-state index in [1.54, 1.807) is 6.92 Å². The summed E-state index contributed by atoms with van der Waals surface area (Å²) in [5, 5.41) is 0. The third kappa shape index (κ3) is 4.44. The Morgan fingerprint density at radius 1 is 1.18 bits per heavy atom. The van der Waals surface area contributed by atoms with E-state index in [0.717, 1.165) is 18.8 Å². The van der Waals surface area contributed by atoms with Gasteiger partial charge >= 0.3 is 0 Å². The van der Waals surface area contributed by atoms with E-state index in [2.05, 4.69) is 38.8 Å². The number of benzene rings is 1. The van der Waals surface area contributed by atoms with Crippen LogP contribution < -0.4 is 9.62 Å². The van der Waals surface area contributed by atoms with Crippen LogP contribution in [0, 0.1) is 0 Å². The predicted octanol–water partition coefficient (Wildman–Crippen LogP) is 1.83. The SMILES string of the molecule is CCS(=O)(=O)NC[C@@H](c1ccc(N(C)C)cc1)N1CCCC1. The molecule has 6 heteroatoms. The second-order valence-electron chi connectivity index (χ2n) is 6.00. The third-order valence-electron chi connectivity index (χ3n) is 4.25. The molecule has 1 atom stereocenters. The van der Waals surface area contributed by atoms with Crippen molar-refractivity contribution >= 4 is 15.7 Å². The molecule has 0 bridgehead atoms. The maximum Gasteiger partial charge on any atom is 0.211 e. The number of hydrogen-bond donors (Lipinski definition) is 1. The van der Waals surface area contributed by atoms with Gasteiger partial charge in [-0.2, -0.15) is 0 Å². The van der Waals surface area contributed by atoms with E-state index in [4.69, 9.17) is 0 Å². The Bertz CT molecular complexity index is 564. The van der Waals surface area contributed by atoms with Crippen molar-refractivity contribution in [2.24, 2.45) is 0 Å². The first-order chi connectivity index (χ1) is 10.4. The Morgan fingerprint density at radius 2 is 1.77 bits per heavy atom. The Balaban J connectivity index is 2.16. The van der Waals surface area contributed by atoms with Crippen LogP contribution in [0.3, 0.4) is 0 Å². The van der Waals surface area contributed by atoms with E-state index < -0.39 is 10.0 Å². The van der Waals surface area contributed by atoms with Crippen LogP contribution in [-0.2, 0) is 10.0 Å². The maximum absolute atomic E-state index is 11.8. The molecule has 1 N–H and O–H groups in total. The second kappa shape index (κ2) is 7.44. The number of sulfonamides is 1. The fourth-order valence-corrected chi connectivity index (χ4v) is 3.43. The molecule has 22 heavy (non-hydrogen) atoms. The highest BCUT2D eigenvalue weighted by molar-refractivity contribution is 7.89. The fourth-order valence-electron chi connectivity index (χ4n) is 2.81. The van der Waals surface area contributed by atoms with Crippen molar-refractivity contribution in [1.29, 1.82) is 0 Å². The van der Waals surface area contributed by atoms with E-state index in [1.165, 1.54) is 18.4 Å². The van der Waals surface area contributed by atoms with E-state index >= 15 is 0 Å². The summed E-state index contributed by atoms with van der Waals surface area (Å²) in [5.41, 5.74) is 2.32. The average Bonchev–Trinajstić information content (AvgIpc) is 3.02. The molecule has 0 amide bonds. The topological polar surface area (TPSA) is 52.7 Å². The molecule has 1 heterocycles. The number of nitrogens with one attached hydrogen (secondary N) is 1. The summed E-state index contributed by atoms with van der Waals surface area (Å²) in [6.45, 7) is 4.18. The van der Waals surface area contributed by atoms with Gasteiger partial charge in [0.15, 0.2) is 0 Å². The van der Waals surface area contributed by atoms with Crippen molar-refractivity contribution in [3.63, 3.8) is 0 Å². The molecule has 1 aliphatic heterocycles. The summed E-state index contributed by atoms with van der Waals surface area (Å²) in [4.78, 5) is 4.44. The van der Waals surface area contributed by atoms with Crippen LogP contribution in [-0.4, -0.2) is 52.8 Å². The first-order valence-corrected chi connectivity index (χ1v) is 9.57. The minimum atomic E-state index is -3.16. The van der Waals surface area contributed by atoms with Crippen molar-refractivity contribution in [2.45, 2.75) is 25.8 Å². The zero-order chi connectivity index (χ0) is 16.2.